The molecule has 2 heterocycles. The van der Waals surface area contributed by atoms with Crippen molar-refractivity contribution in [2.45, 2.75) is 0 Å². The van der Waals surface area contributed by atoms with Crippen LogP contribution in [-0.4, -0.2) is 25.1 Å². The Balaban J connectivity index is 1.81. The molecule has 6 nitrogen and oxygen atoms in total. The van der Waals surface area contributed by atoms with Gasteiger partial charge in [-0.2, -0.15) is 0 Å². The molecule has 0 saturated heterocycles. The predicted octanol–water partition coefficient (Wildman–Crippen LogP) is 2.80. The summed E-state index contributed by atoms with van der Waals surface area (Å²) in [6.07, 6.45) is 0. The molecule has 0 bridgehead atoms. The summed E-state index contributed by atoms with van der Waals surface area (Å²) in [4.78, 5) is 11.8. The number of halogens is 1. The summed E-state index contributed by atoms with van der Waals surface area (Å²) in [6.45, 7) is 0. The van der Waals surface area contributed by atoms with Gasteiger partial charge in [0, 0.05) is 5.56 Å². The lowest BCUT2D eigenvalue weighted by atomic mass is 10.2. The normalized spacial score (nSPS) is 11.0. The summed E-state index contributed by atoms with van der Waals surface area (Å²) in [5.74, 6) is 0.741. The quantitative estimate of drug-likeness (QED) is 0.594. The molecule has 23 heavy (non-hydrogen) atoms. The van der Waals surface area contributed by atoms with Gasteiger partial charge >= 0.3 is 0 Å². The molecule has 0 amide bonds. The van der Waals surface area contributed by atoms with Crippen LogP contribution in [0.4, 0.5) is 10.2 Å². The van der Waals surface area contributed by atoms with Crippen molar-refractivity contribution in [1.82, 2.24) is 25.1 Å². The fourth-order valence-electron chi connectivity index (χ4n) is 2.32. The van der Waals surface area contributed by atoms with E-state index in [0.29, 0.717) is 33.9 Å². The van der Waals surface area contributed by atoms with Gasteiger partial charge in [0.05, 0.1) is 11.0 Å². The first-order chi connectivity index (χ1) is 11.2. The zero-order valence-electron chi connectivity index (χ0n) is 11.9. The van der Waals surface area contributed by atoms with Gasteiger partial charge in [-0.1, -0.05) is 24.3 Å². The van der Waals surface area contributed by atoms with Crippen molar-refractivity contribution in [2.75, 3.05) is 5.73 Å². The van der Waals surface area contributed by atoms with Crippen molar-refractivity contribution in [3.05, 3.63) is 54.3 Å². The van der Waals surface area contributed by atoms with E-state index >= 15 is 0 Å². The third-order valence-electron chi connectivity index (χ3n) is 3.41. The Morgan fingerprint density at radius 1 is 0.870 bits per heavy atom. The maximum atomic E-state index is 13.3. The molecule has 0 aliphatic heterocycles. The van der Waals surface area contributed by atoms with Gasteiger partial charge in [-0.15, -0.1) is 10.2 Å². The Hall–Kier alpha value is -3.35. The van der Waals surface area contributed by atoms with E-state index in [1.54, 1.807) is 12.1 Å². The number of nitrogens with zero attached hydrogens (tertiary/aromatic N) is 4. The van der Waals surface area contributed by atoms with Crippen LogP contribution in [-0.2, 0) is 0 Å². The van der Waals surface area contributed by atoms with Gasteiger partial charge in [0.25, 0.3) is 0 Å². The van der Waals surface area contributed by atoms with Gasteiger partial charge in [-0.05, 0) is 24.3 Å². The van der Waals surface area contributed by atoms with Crippen LogP contribution >= 0.6 is 0 Å². The van der Waals surface area contributed by atoms with Crippen LogP contribution in [0.2, 0.25) is 0 Å². The molecule has 0 fully saturated rings. The number of aromatic amines is 1. The zero-order chi connectivity index (χ0) is 15.8. The number of hydrogen-bond donors (Lipinski definition) is 2. The summed E-state index contributed by atoms with van der Waals surface area (Å²) in [5, 5.41) is 8.08. The highest BCUT2D eigenvalue weighted by atomic mass is 19.1. The molecule has 7 heteroatoms. The van der Waals surface area contributed by atoms with E-state index in [1.807, 2.05) is 24.3 Å². The summed E-state index contributed by atoms with van der Waals surface area (Å²) in [5.41, 5.74) is 8.39. The fraction of sp³-hybridized carbons (Fsp3) is 0. The maximum Gasteiger partial charge on any atom is 0.184 e. The van der Waals surface area contributed by atoms with Gasteiger partial charge in [-0.25, -0.2) is 14.4 Å². The van der Waals surface area contributed by atoms with E-state index in [9.17, 15) is 4.39 Å². The number of nitrogen functional groups attached to an aromatic ring is 1. The van der Waals surface area contributed by atoms with Gasteiger partial charge in [0.1, 0.15) is 5.82 Å². The third-order valence-corrected chi connectivity index (χ3v) is 3.41. The Morgan fingerprint density at radius 3 is 2.39 bits per heavy atom. The number of nitrogens with one attached hydrogen (secondary N) is 1. The van der Waals surface area contributed by atoms with E-state index in [1.165, 1.54) is 12.1 Å². The smallest absolute Gasteiger partial charge is 0.184 e. The number of nitrogens with two attached hydrogens (primary N) is 1. The molecule has 0 radical (unpaired) electrons. The van der Waals surface area contributed by atoms with Crippen molar-refractivity contribution in [3.63, 3.8) is 0 Å². The predicted molar refractivity (Wildman–Crippen MR) is 84.7 cm³/mol. The molecule has 112 valence electrons. The summed E-state index contributed by atoms with van der Waals surface area (Å²) < 4.78 is 13.3. The number of rotatable bonds is 2. The number of hydrogen-bond acceptors (Lipinski definition) is 5. The fourth-order valence-corrected chi connectivity index (χ4v) is 2.32. The summed E-state index contributed by atoms with van der Waals surface area (Å²) >= 11 is 0. The average molecular weight is 306 g/mol. The van der Waals surface area contributed by atoms with Crippen LogP contribution < -0.4 is 5.73 Å². The second-order valence-electron chi connectivity index (χ2n) is 4.98. The van der Waals surface area contributed by atoms with Crippen LogP contribution in [0.15, 0.2) is 48.5 Å². The zero-order valence-corrected chi connectivity index (χ0v) is 11.9. The van der Waals surface area contributed by atoms with E-state index < -0.39 is 0 Å². The van der Waals surface area contributed by atoms with Crippen LogP contribution in [0.5, 0.6) is 0 Å². The number of H-pyrrole nitrogens is 1. The molecule has 3 N–H and O–H groups in total. The molecule has 4 aromatic rings. The third kappa shape index (κ3) is 2.38. The first-order valence-electron chi connectivity index (χ1n) is 6.92. The van der Waals surface area contributed by atoms with Crippen LogP contribution in [0.1, 0.15) is 0 Å². The largest absolute Gasteiger partial charge is 0.382 e. The second kappa shape index (κ2) is 5.13. The standard InChI is InChI=1S/C16H11FN6/c17-10-5-3-4-9(8-10)15-21-16(23-22-15)13-14(18)20-12-7-2-1-6-11(12)19-13/h1-8H,(H2,18,20)(H,21,22,23). The molecule has 2 aromatic carbocycles. The topological polar surface area (TPSA) is 93.4 Å². The van der Waals surface area contributed by atoms with Crippen LogP contribution in [0.3, 0.4) is 0 Å². The number of para-hydroxylation sites is 2. The highest BCUT2D eigenvalue weighted by Gasteiger charge is 2.14. The van der Waals surface area contributed by atoms with Crippen LogP contribution in [0.25, 0.3) is 33.9 Å². The summed E-state index contributed by atoms with van der Waals surface area (Å²) in [6, 6.07) is 13.5. The van der Waals surface area contributed by atoms with Gasteiger partial charge < -0.3 is 10.7 Å². The van der Waals surface area contributed by atoms with Gasteiger partial charge in [-0.3, -0.25) is 0 Å². The molecule has 0 aliphatic rings. The first-order valence-corrected chi connectivity index (χ1v) is 6.92. The molecule has 0 spiro atoms. The van der Waals surface area contributed by atoms with E-state index in [4.69, 9.17) is 5.73 Å². The molecule has 2 aromatic heterocycles. The minimum atomic E-state index is -0.342. The van der Waals surface area contributed by atoms with Crippen molar-refractivity contribution in [2.24, 2.45) is 0 Å². The molecule has 0 atom stereocenters. The van der Waals surface area contributed by atoms with E-state index in [-0.39, 0.29) is 11.6 Å². The first kappa shape index (κ1) is 13.3. The minimum Gasteiger partial charge on any atom is -0.382 e. The highest BCUT2D eigenvalue weighted by Crippen LogP contribution is 2.24. The lowest BCUT2D eigenvalue weighted by molar-refractivity contribution is 0.628. The Morgan fingerprint density at radius 2 is 1.61 bits per heavy atom. The van der Waals surface area contributed by atoms with E-state index in [2.05, 4.69) is 25.1 Å². The minimum absolute atomic E-state index is 0.255. The lowest BCUT2D eigenvalue weighted by Gasteiger charge is -2.03. The summed E-state index contributed by atoms with van der Waals surface area (Å²) in [7, 11) is 0. The van der Waals surface area contributed by atoms with Gasteiger partial charge in [0.15, 0.2) is 23.2 Å². The monoisotopic (exact) mass is 306 g/mol. The Bertz CT molecular complexity index is 1010. The van der Waals surface area contributed by atoms with Crippen molar-refractivity contribution in [3.8, 4) is 22.9 Å². The average Bonchev–Trinajstić information content (AvgIpc) is 3.04. The van der Waals surface area contributed by atoms with Crippen molar-refractivity contribution >= 4 is 16.9 Å². The highest BCUT2D eigenvalue weighted by molar-refractivity contribution is 5.80. The number of aromatic nitrogens is 5. The molecule has 0 saturated carbocycles. The molecule has 0 unspecified atom stereocenters. The molecular formula is C16H11FN6. The number of benzene rings is 2. The second-order valence-corrected chi connectivity index (χ2v) is 4.98. The maximum absolute atomic E-state index is 13.3. The Kier molecular flexibility index (Phi) is 2.97. The Labute approximate surface area is 130 Å². The van der Waals surface area contributed by atoms with E-state index in [0.717, 1.165) is 0 Å². The van der Waals surface area contributed by atoms with Gasteiger partial charge in [0.2, 0.25) is 0 Å². The van der Waals surface area contributed by atoms with Crippen molar-refractivity contribution in [1.29, 1.82) is 0 Å². The molecular weight excluding hydrogens is 295 g/mol. The molecule has 4 rings (SSSR count). The molecule has 0 aliphatic carbocycles. The number of anilines is 1. The lowest BCUT2D eigenvalue weighted by Crippen LogP contribution is -1.99. The van der Waals surface area contributed by atoms with Crippen molar-refractivity contribution < 1.29 is 4.39 Å². The SMILES string of the molecule is Nc1nc2ccccc2nc1-c1nnc(-c2cccc(F)c2)[nH]1. The number of fused-ring (bicyclic) bond motifs is 1. The van der Waals surface area contributed by atoms with Crippen LogP contribution in [0, 0.1) is 5.82 Å².